The molecule has 1 aliphatic carbocycles. The first kappa shape index (κ1) is 25.3. The van der Waals surface area contributed by atoms with Crippen molar-refractivity contribution < 1.29 is 0 Å². The third kappa shape index (κ3) is 3.70. The van der Waals surface area contributed by atoms with Gasteiger partial charge in [-0.2, -0.15) is 0 Å². The first-order chi connectivity index (χ1) is 21.8. The molecule has 0 saturated heterocycles. The number of thiophene rings is 1. The molecule has 8 aromatic rings. The van der Waals surface area contributed by atoms with Crippen LogP contribution in [0.3, 0.4) is 0 Å². The zero-order valence-corrected chi connectivity index (χ0v) is 24.9. The summed E-state index contributed by atoms with van der Waals surface area (Å²) in [6.07, 6.45) is 0. The number of benzene rings is 7. The molecule has 1 aliphatic rings. The molecule has 206 valence electrons. The predicted molar refractivity (Wildman–Crippen MR) is 188 cm³/mol. The van der Waals surface area contributed by atoms with E-state index in [0.29, 0.717) is 0 Å². The lowest BCUT2D eigenvalue weighted by Crippen LogP contribution is -2.28. The molecule has 0 bridgehead atoms. The van der Waals surface area contributed by atoms with Crippen LogP contribution in [0.5, 0.6) is 0 Å². The summed E-state index contributed by atoms with van der Waals surface area (Å²) >= 11 is 1.87. The van der Waals surface area contributed by atoms with Crippen molar-refractivity contribution in [2.75, 3.05) is 0 Å². The van der Waals surface area contributed by atoms with E-state index in [2.05, 4.69) is 170 Å². The highest BCUT2D eigenvalue weighted by molar-refractivity contribution is 7.25. The first-order valence-corrected chi connectivity index (χ1v) is 16.0. The maximum atomic E-state index is 2.47. The standard InChI is InChI=1S/C43H28S/c1-4-12-29(13-5-1)31-20-23-35-36-24-21-32(30-22-25-42-38(26-30)37-18-10-11-19-41(37)44-42)28-40(36)43(39(35)27-31,33-14-6-2-7-15-33)34-16-8-3-9-17-34/h1-28H. The van der Waals surface area contributed by atoms with Gasteiger partial charge in [0, 0.05) is 20.2 Å². The van der Waals surface area contributed by atoms with Crippen LogP contribution in [-0.2, 0) is 5.41 Å². The van der Waals surface area contributed by atoms with Crippen molar-refractivity contribution in [1.82, 2.24) is 0 Å². The second-order valence-corrected chi connectivity index (χ2v) is 12.8. The Kier molecular flexibility index (Phi) is 5.69. The summed E-state index contributed by atoms with van der Waals surface area (Å²) in [5, 5.41) is 2.66. The van der Waals surface area contributed by atoms with Crippen LogP contribution in [0.1, 0.15) is 22.3 Å². The summed E-state index contributed by atoms with van der Waals surface area (Å²) in [5.74, 6) is 0. The van der Waals surface area contributed by atoms with E-state index < -0.39 is 5.41 Å². The minimum absolute atomic E-state index is 0.451. The Morgan fingerprint density at radius 2 is 0.818 bits per heavy atom. The van der Waals surface area contributed by atoms with Crippen LogP contribution in [-0.4, -0.2) is 0 Å². The molecule has 44 heavy (non-hydrogen) atoms. The van der Waals surface area contributed by atoms with E-state index in [1.807, 2.05) is 11.3 Å². The predicted octanol–water partition coefficient (Wildman–Crippen LogP) is 11.8. The van der Waals surface area contributed by atoms with Crippen molar-refractivity contribution in [2.45, 2.75) is 5.41 Å². The molecule has 0 unspecified atom stereocenters. The molecule has 1 heterocycles. The summed E-state index contributed by atoms with van der Waals surface area (Å²) in [6.45, 7) is 0. The van der Waals surface area contributed by atoms with E-state index in [9.17, 15) is 0 Å². The molecular formula is C43H28S. The summed E-state index contributed by atoms with van der Waals surface area (Å²) in [6, 6.07) is 62.8. The Balaban J connectivity index is 1.33. The van der Waals surface area contributed by atoms with E-state index in [1.165, 1.54) is 75.8 Å². The van der Waals surface area contributed by atoms with Crippen LogP contribution in [0, 0.1) is 0 Å². The third-order valence-corrected chi connectivity index (χ3v) is 10.5. The van der Waals surface area contributed by atoms with E-state index in [1.54, 1.807) is 0 Å². The van der Waals surface area contributed by atoms with Gasteiger partial charge in [0.15, 0.2) is 0 Å². The van der Waals surface area contributed by atoms with Gasteiger partial charge in [-0.1, -0.05) is 140 Å². The van der Waals surface area contributed by atoms with Crippen LogP contribution in [0.15, 0.2) is 170 Å². The van der Waals surface area contributed by atoms with Gasteiger partial charge in [-0.3, -0.25) is 0 Å². The van der Waals surface area contributed by atoms with Gasteiger partial charge in [-0.25, -0.2) is 0 Å². The molecule has 0 radical (unpaired) electrons. The van der Waals surface area contributed by atoms with E-state index in [0.717, 1.165) is 0 Å². The Bertz CT molecular complexity index is 2270. The first-order valence-electron chi connectivity index (χ1n) is 15.2. The maximum Gasteiger partial charge on any atom is 0.0713 e. The summed E-state index contributed by atoms with van der Waals surface area (Å²) in [5.41, 5.74) is 12.4. The SMILES string of the molecule is c1ccc(-c2ccc3c(c2)C(c2ccccc2)(c2ccccc2)c2cc(-c4ccc5sc6ccccc6c5c4)ccc2-3)cc1. The Hall–Kier alpha value is -5.24. The van der Waals surface area contributed by atoms with Crippen LogP contribution in [0.25, 0.3) is 53.6 Å². The van der Waals surface area contributed by atoms with Gasteiger partial charge < -0.3 is 0 Å². The van der Waals surface area contributed by atoms with Crippen LogP contribution in [0.2, 0.25) is 0 Å². The number of fused-ring (bicyclic) bond motifs is 6. The zero-order valence-electron chi connectivity index (χ0n) is 24.1. The van der Waals surface area contributed by atoms with Crippen molar-refractivity contribution in [3.05, 3.63) is 192 Å². The second kappa shape index (κ2) is 9.91. The fourth-order valence-electron chi connectivity index (χ4n) is 7.38. The number of hydrogen-bond donors (Lipinski definition) is 0. The van der Waals surface area contributed by atoms with E-state index in [4.69, 9.17) is 0 Å². The van der Waals surface area contributed by atoms with Crippen LogP contribution >= 0.6 is 11.3 Å². The van der Waals surface area contributed by atoms with E-state index >= 15 is 0 Å². The van der Waals surface area contributed by atoms with Crippen molar-refractivity contribution in [3.63, 3.8) is 0 Å². The maximum absolute atomic E-state index is 2.47. The molecule has 0 N–H and O–H groups in total. The molecule has 0 amide bonds. The van der Waals surface area contributed by atoms with Crippen molar-refractivity contribution >= 4 is 31.5 Å². The number of rotatable bonds is 4. The molecule has 9 rings (SSSR count). The molecule has 0 atom stereocenters. The molecule has 0 spiro atoms. The Labute approximate surface area is 261 Å². The molecule has 0 nitrogen and oxygen atoms in total. The third-order valence-electron chi connectivity index (χ3n) is 9.37. The minimum Gasteiger partial charge on any atom is -0.135 e. The monoisotopic (exact) mass is 576 g/mol. The van der Waals surface area contributed by atoms with Crippen molar-refractivity contribution in [1.29, 1.82) is 0 Å². The molecular weight excluding hydrogens is 549 g/mol. The van der Waals surface area contributed by atoms with Gasteiger partial charge >= 0.3 is 0 Å². The highest BCUT2D eigenvalue weighted by atomic mass is 32.1. The highest BCUT2D eigenvalue weighted by Crippen LogP contribution is 2.57. The smallest absolute Gasteiger partial charge is 0.0713 e. The van der Waals surface area contributed by atoms with Gasteiger partial charge in [0.25, 0.3) is 0 Å². The lowest BCUT2D eigenvalue weighted by molar-refractivity contribution is 0.769. The summed E-state index contributed by atoms with van der Waals surface area (Å²) < 4.78 is 2.67. The minimum atomic E-state index is -0.451. The second-order valence-electron chi connectivity index (χ2n) is 11.7. The van der Waals surface area contributed by atoms with Crippen LogP contribution < -0.4 is 0 Å². The van der Waals surface area contributed by atoms with Gasteiger partial charge in [-0.15, -0.1) is 11.3 Å². The summed E-state index contributed by atoms with van der Waals surface area (Å²) in [4.78, 5) is 0. The molecule has 1 heteroatoms. The van der Waals surface area contributed by atoms with Crippen molar-refractivity contribution in [2.24, 2.45) is 0 Å². The normalized spacial score (nSPS) is 13.2. The van der Waals surface area contributed by atoms with Gasteiger partial charge in [0.05, 0.1) is 5.41 Å². The lowest BCUT2D eigenvalue weighted by atomic mass is 9.67. The van der Waals surface area contributed by atoms with Gasteiger partial charge in [0.1, 0.15) is 0 Å². The van der Waals surface area contributed by atoms with Gasteiger partial charge in [-0.05, 0) is 86.0 Å². The molecule has 7 aromatic carbocycles. The molecule has 0 fully saturated rings. The quantitative estimate of drug-likeness (QED) is 0.195. The lowest BCUT2D eigenvalue weighted by Gasteiger charge is -2.34. The zero-order chi connectivity index (χ0) is 29.1. The highest BCUT2D eigenvalue weighted by Gasteiger charge is 2.46. The van der Waals surface area contributed by atoms with E-state index in [-0.39, 0.29) is 0 Å². The topological polar surface area (TPSA) is 0 Å². The number of hydrogen-bond acceptors (Lipinski definition) is 1. The molecule has 0 saturated carbocycles. The largest absolute Gasteiger partial charge is 0.135 e. The fraction of sp³-hybridized carbons (Fsp3) is 0.0233. The Morgan fingerprint density at radius 1 is 0.341 bits per heavy atom. The molecule has 1 aromatic heterocycles. The average molecular weight is 577 g/mol. The molecule has 0 aliphatic heterocycles. The summed E-state index contributed by atoms with van der Waals surface area (Å²) in [7, 11) is 0. The van der Waals surface area contributed by atoms with Gasteiger partial charge in [0.2, 0.25) is 0 Å². The fourth-order valence-corrected chi connectivity index (χ4v) is 8.47. The Morgan fingerprint density at radius 3 is 1.45 bits per heavy atom. The van der Waals surface area contributed by atoms with Crippen molar-refractivity contribution in [3.8, 4) is 33.4 Å². The van der Waals surface area contributed by atoms with Crippen LogP contribution in [0.4, 0.5) is 0 Å². The average Bonchev–Trinajstić information content (AvgIpc) is 3.62.